The average Bonchev–Trinajstić information content (AvgIpc) is 2.54. The van der Waals surface area contributed by atoms with Crippen molar-refractivity contribution in [2.24, 2.45) is 0 Å². The van der Waals surface area contributed by atoms with E-state index in [4.69, 9.17) is 0 Å². The van der Waals surface area contributed by atoms with Crippen LogP contribution in [0.25, 0.3) is 5.20 Å². The Hall–Kier alpha value is -0.863. The number of hydrogen-bond donors (Lipinski definition) is 1. The minimum Gasteiger partial charge on any atom is -0.392 e. The minimum atomic E-state index is -1.34. The minimum absolute atomic E-state index is 0.217. The number of hydrogen-bond acceptors (Lipinski definition) is 1. The van der Waals surface area contributed by atoms with Crippen molar-refractivity contribution in [1.82, 2.24) is 0 Å². The van der Waals surface area contributed by atoms with Crippen LogP contribution in [0.15, 0.2) is 29.8 Å². The van der Waals surface area contributed by atoms with Crippen LogP contribution in [0, 0.1) is 0 Å². The second-order valence-electron chi connectivity index (χ2n) is 5.22. The summed E-state index contributed by atoms with van der Waals surface area (Å²) in [6, 6.07) is 8.56. The van der Waals surface area contributed by atoms with Crippen molar-refractivity contribution >= 4 is 13.3 Å². The average molecular weight is 218 g/mol. The summed E-state index contributed by atoms with van der Waals surface area (Å²) in [4.78, 5) is 0. The van der Waals surface area contributed by atoms with Crippen molar-refractivity contribution in [2.75, 3.05) is 6.61 Å². The molecule has 1 aliphatic rings. The Morgan fingerprint density at radius 3 is 2.47 bits per heavy atom. The van der Waals surface area contributed by atoms with Gasteiger partial charge in [-0.05, 0) is 23.1 Å². The zero-order chi connectivity index (χ0) is 11.1. The molecule has 0 atom stereocenters. The van der Waals surface area contributed by atoms with E-state index in [1.165, 1.54) is 21.9 Å². The molecule has 0 aromatic heterocycles. The predicted molar refractivity (Wildman–Crippen MR) is 67.5 cm³/mol. The zero-order valence-electron chi connectivity index (χ0n) is 9.67. The number of benzene rings is 1. The lowest BCUT2D eigenvalue weighted by Crippen LogP contribution is -2.23. The summed E-state index contributed by atoms with van der Waals surface area (Å²) in [6.07, 6.45) is 0.951. The van der Waals surface area contributed by atoms with Crippen molar-refractivity contribution < 1.29 is 5.11 Å². The van der Waals surface area contributed by atoms with E-state index < -0.39 is 8.07 Å². The SMILES string of the molecule is C[Si](C)(C)C1=C(CO)Cc2ccccc21. The molecule has 0 saturated heterocycles. The molecule has 0 heterocycles. The van der Waals surface area contributed by atoms with Crippen LogP contribution in [0.2, 0.25) is 19.6 Å². The van der Waals surface area contributed by atoms with Crippen LogP contribution in [0.4, 0.5) is 0 Å². The highest BCUT2D eigenvalue weighted by atomic mass is 28.3. The van der Waals surface area contributed by atoms with Gasteiger partial charge < -0.3 is 5.11 Å². The molecule has 0 saturated carbocycles. The largest absolute Gasteiger partial charge is 0.392 e. The van der Waals surface area contributed by atoms with Gasteiger partial charge in [-0.3, -0.25) is 0 Å². The van der Waals surface area contributed by atoms with Gasteiger partial charge in [-0.2, -0.15) is 0 Å². The summed E-state index contributed by atoms with van der Waals surface area (Å²) in [7, 11) is -1.34. The third kappa shape index (κ3) is 1.79. The van der Waals surface area contributed by atoms with E-state index in [1.54, 1.807) is 0 Å². The Balaban J connectivity index is 2.57. The Morgan fingerprint density at radius 1 is 1.20 bits per heavy atom. The van der Waals surface area contributed by atoms with E-state index in [0.29, 0.717) is 0 Å². The van der Waals surface area contributed by atoms with Crippen LogP contribution < -0.4 is 0 Å². The van der Waals surface area contributed by atoms with E-state index in [1.807, 2.05) is 0 Å². The van der Waals surface area contributed by atoms with E-state index in [9.17, 15) is 5.11 Å². The predicted octanol–water partition coefficient (Wildman–Crippen LogP) is 2.87. The molecule has 0 fully saturated rings. The van der Waals surface area contributed by atoms with Crippen LogP contribution >= 0.6 is 0 Å². The van der Waals surface area contributed by atoms with Crippen LogP contribution in [-0.4, -0.2) is 19.8 Å². The van der Waals surface area contributed by atoms with E-state index >= 15 is 0 Å². The van der Waals surface area contributed by atoms with Crippen molar-refractivity contribution in [3.63, 3.8) is 0 Å². The lowest BCUT2D eigenvalue weighted by molar-refractivity contribution is 0.330. The Morgan fingerprint density at radius 2 is 1.87 bits per heavy atom. The Labute approximate surface area is 92.5 Å². The fraction of sp³-hybridized carbons (Fsp3) is 0.385. The first-order valence-corrected chi connectivity index (χ1v) is 8.95. The van der Waals surface area contributed by atoms with Gasteiger partial charge in [0.05, 0.1) is 14.7 Å². The van der Waals surface area contributed by atoms with Gasteiger partial charge in [0.15, 0.2) is 0 Å². The second kappa shape index (κ2) is 3.61. The van der Waals surface area contributed by atoms with Crippen LogP contribution in [0.5, 0.6) is 0 Å². The lowest BCUT2D eigenvalue weighted by atomic mass is 10.1. The molecule has 15 heavy (non-hydrogen) atoms. The van der Waals surface area contributed by atoms with Gasteiger partial charge in [-0.1, -0.05) is 49.1 Å². The summed E-state index contributed by atoms with van der Waals surface area (Å²) >= 11 is 0. The maximum atomic E-state index is 9.44. The number of rotatable bonds is 2. The molecule has 0 aliphatic heterocycles. The smallest absolute Gasteiger partial charge is 0.0784 e. The molecule has 0 amide bonds. The number of aliphatic hydroxyl groups is 1. The molecule has 0 unspecified atom stereocenters. The van der Waals surface area contributed by atoms with Crippen molar-refractivity contribution in [1.29, 1.82) is 0 Å². The van der Waals surface area contributed by atoms with Gasteiger partial charge in [0.1, 0.15) is 0 Å². The van der Waals surface area contributed by atoms with E-state index in [-0.39, 0.29) is 6.61 Å². The summed E-state index contributed by atoms with van der Waals surface area (Å²) in [6.45, 7) is 7.26. The van der Waals surface area contributed by atoms with Crippen LogP contribution in [0.3, 0.4) is 0 Å². The standard InChI is InChI=1S/C13H18OSi/c1-15(2,3)13-11(9-14)8-10-6-4-5-7-12(10)13/h4-7,14H,8-9H2,1-3H3. The molecule has 80 valence electrons. The lowest BCUT2D eigenvalue weighted by Gasteiger charge is -2.21. The van der Waals surface area contributed by atoms with Gasteiger partial charge in [-0.25, -0.2) is 0 Å². The van der Waals surface area contributed by atoms with E-state index in [2.05, 4.69) is 43.9 Å². The van der Waals surface area contributed by atoms with E-state index in [0.717, 1.165) is 6.42 Å². The molecule has 0 spiro atoms. The van der Waals surface area contributed by atoms with Crippen molar-refractivity contribution in [2.45, 2.75) is 26.1 Å². The third-order valence-electron chi connectivity index (χ3n) is 2.98. The highest BCUT2D eigenvalue weighted by Crippen LogP contribution is 2.38. The number of fused-ring (bicyclic) bond motifs is 1. The van der Waals surface area contributed by atoms with Gasteiger partial charge in [0.25, 0.3) is 0 Å². The fourth-order valence-corrected chi connectivity index (χ4v) is 4.78. The Kier molecular flexibility index (Phi) is 2.57. The molecule has 0 bridgehead atoms. The maximum Gasteiger partial charge on any atom is 0.0784 e. The summed E-state index contributed by atoms with van der Waals surface area (Å²) in [5, 5.41) is 10.9. The molecule has 2 heteroatoms. The zero-order valence-corrected chi connectivity index (χ0v) is 10.7. The number of aliphatic hydroxyl groups excluding tert-OH is 1. The summed E-state index contributed by atoms with van der Waals surface area (Å²) < 4.78 is 0. The molecule has 0 radical (unpaired) electrons. The van der Waals surface area contributed by atoms with Crippen LogP contribution in [-0.2, 0) is 6.42 Å². The first kappa shape index (κ1) is 10.6. The molecule has 2 rings (SSSR count). The quantitative estimate of drug-likeness (QED) is 0.757. The molecule has 1 aliphatic carbocycles. The normalized spacial score (nSPS) is 15.7. The van der Waals surface area contributed by atoms with Crippen LogP contribution in [0.1, 0.15) is 11.1 Å². The molecule has 1 aromatic rings. The second-order valence-corrected chi connectivity index (χ2v) is 10.2. The molecule has 1 N–H and O–H groups in total. The maximum absolute atomic E-state index is 9.44. The van der Waals surface area contributed by atoms with Crippen molar-refractivity contribution in [3.05, 3.63) is 41.0 Å². The molecule has 1 aromatic carbocycles. The fourth-order valence-electron chi connectivity index (χ4n) is 2.50. The monoisotopic (exact) mass is 218 g/mol. The molecular weight excluding hydrogens is 200 g/mol. The first-order chi connectivity index (χ1) is 7.04. The molecule has 1 nitrogen and oxygen atoms in total. The van der Waals surface area contributed by atoms with Crippen molar-refractivity contribution in [3.8, 4) is 0 Å². The van der Waals surface area contributed by atoms with Gasteiger partial charge in [-0.15, -0.1) is 0 Å². The first-order valence-electron chi connectivity index (χ1n) is 5.45. The summed E-state index contributed by atoms with van der Waals surface area (Å²) in [5.41, 5.74) is 4.02. The Bertz CT molecular complexity index is 413. The summed E-state index contributed by atoms with van der Waals surface area (Å²) in [5.74, 6) is 0. The third-order valence-corrected chi connectivity index (χ3v) is 5.11. The topological polar surface area (TPSA) is 20.2 Å². The van der Waals surface area contributed by atoms with Gasteiger partial charge >= 0.3 is 0 Å². The van der Waals surface area contributed by atoms with Gasteiger partial charge in [0, 0.05) is 0 Å². The van der Waals surface area contributed by atoms with Gasteiger partial charge in [0.2, 0.25) is 0 Å². The molecular formula is C13H18OSi. The highest BCUT2D eigenvalue weighted by Gasteiger charge is 2.30. The highest BCUT2D eigenvalue weighted by molar-refractivity contribution is 6.94.